The highest BCUT2D eigenvalue weighted by atomic mass is 79.9. The van der Waals surface area contributed by atoms with Crippen LogP contribution in [0.15, 0.2) is 46.9 Å². The predicted octanol–water partition coefficient (Wildman–Crippen LogP) is 3.97. The quantitative estimate of drug-likeness (QED) is 0.858. The zero-order valence-corrected chi connectivity index (χ0v) is 12.9. The van der Waals surface area contributed by atoms with Crippen LogP contribution >= 0.6 is 28.1 Å². The van der Waals surface area contributed by atoms with Crippen LogP contribution in [0.25, 0.3) is 0 Å². The van der Waals surface area contributed by atoms with Crippen LogP contribution in [0.5, 0.6) is 5.75 Å². The Bertz CT molecular complexity index is 613. The minimum atomic E-state index is 0.334. The molecule has 2 rings (SSSR count). The molecule has 0 aliphatic rings. The Balaban J connectivity index is 2.20. The lowest BCUT2D eigenvalue weighted by atomic mass is 10.1. The van der Waals surface area contributed by atoms with Crippen molar-refractivity contribution in [3.05, 3.63) is 63.6 Å². The number of hydrogen-bond acceptors (Lipinski definition) is 2. The third kappa shape index (κ3) is 3.55. The van der Waals surface area contributed by atoms with Crippen LogP contribution in [0.1, 0.15) is 16.7 Å². The van der Waals surface area contributed by atoms with E-state index in [4.69, 9.17) is 22.7 Å². The van der Waals surface area contributed by atoms with Gasteiger partial charge in [-0.3, -0.25) is 0 Å². The molecule has 2 aromatic carbocycles. The minimum Gasteiger partial charge on any atom is -0.488 e. The van der Waals surface area contributed by atoms with E-state index in [1.165, 1.54) is 5.56 Å². The average molecular weight is 336 g/mol. The van der Waals surface area contributed by atoms with Crippen LogP contribution in [0.2, 0.25) is 0 Å². The second kappa shape index (κ2) is 6.17. The summed E-state index contributed by atoms with van der Waals surface area (Å²) >= 11 is 8.44. The predicted molar refractivity (Wildman–Crippen MR) is 85.5 cm³/mol. The van der Waals surface area contributed by atoms with Crippen LogP contribution in [-0.4, -0.2) is 4.99 Å². The monoisotopic (exact) mass is 335 g/mol. The van der Waals surface area contributed by atoms with Gasteiger partial charge < -0.3 is 10.5 Å². The number of thiocarbonyl (C=S) groups is 1. The van der Waals surface area contributed by atoms with Gasteiger partial charge in [-0.25, -0.2) is 0 Å². The summed E-state index contributed by atoms with van der Waals surface area (Å²) in [4.78, 5) is 0.334. The van der Waals surface area contributed by atoms with Gasteiger partial charge in [-0.15, -0.1) is 0 Å². The second-order valence-electron chi connectivity index (χ2n) is 4.22. The van der Waals surface area contributed by atoms with E-state index in [1.54, 1.807) is 0 Å². The zero-order chi connectivity index (χ0) is 13.8. The second-order valence-corrected chi connectivity index (χ2v) is 5.58. The van der Waals surface area contributed by atoms with Gasteiger partial charge in [-0.2, -0.15) is 0 Å². The van der Waals surface area contributed by atoms with E-state index in [-0.39, 0.29) is 0 Å². The Hall–Kier alpha value is -1.39. The molecule has 0 aliphatic carbocycles. The van der Waals surface area contributed by atoms with Crippen molar-refractivity contribution in [2.75, 3.05) is 0 Å². The first-order valence-electron chi connectivity index (χ1n) is 5.84. The topological polar surface area (TPSA) is 35.2 Å². The van der Waals surface area contributed by atoms with Crippen molar-refractivity contribution >= 4 is 33.1 Å². The first-order valence-corrected chi connectivity index (χ1v) is 7.04. The summed E-state index contributed by atoms with van der Waals surface area (Å²) in [7, 11) is 0. The number of rotatable bonds is 4. The van der Waals surface area contributed by atoms with Gasteiger partial charge in [0.05, 0.1) is 5.56 Å². The number of aryl methyl sites for hydroxylation is 1. The van der Waals surface area contributed by atoms with E-state index < -0.39 is 0 Å². The summed E-state index contributed by atoms with van der Waals surface area (Å²) in [5.41, 5.74) is 8.82. The third-order valence-electron chi connectivity index (χ3n) is 2.85. The maximum absolute atomic E-state index is 5.83. The van der Waals surface area contributed by atoms with Crippen molar-refractivity contribution in [3.8, 4) is 5.75 Å². The summed E-state index contributed by atoms with van der Waals surface area (Å²) in [6, 6.07) is 13.8. The van der Waals surface area contributed by atoms with Crippen LogP contribution < -0.4 is 10.5 Å². The van der Waals surface area contributed by atoms with Crippen molar-refractivity contribution in [2.24, 2.45) is 5.73 Å². The summed E-state index contributed by atoms with van der Waals surface area (Å²) in [5.74, 6) is 0.707. The molecule has 2 aromatic rings. The molecule has 0 radical (unpaired) electrons. The number of benzene rings is 2. The molecule has 2 N–H and O–H groups in total. The van der Waals surface area contributed by atoms with Crippen molar-refractivity contribution in [3.63, 3.8) is 0 Å². The lowest BCUT2D eigenvalue weighted by Gasteiger charge is -2.12. The summed E-state index contributed by atoms with van der Waals surface area (Å²) in [6.07, 6.45) is 0. The van der Waals surface area contributed by atoms with Gasteiger partial charge in [0.25, 0.3) is 0 Å². The van der Waals surface area contributed by atoms with Gasteiger partial charge in [0.15, 0.2) is 0 Å². The molecule has 0 unspecified atom stereocenters. The Morgan fingerprint density at radius 1 is 1.26 bits per heavy atom. The zero-order valence-electron chi connectivity index (χ0n) is 10.5. The van der Waals surface area contributed by atoms with Crippen LogP contribution in [0.4, 0.5) is 0 Å². The molecule has 0 fully saturated rings. The van der Waals surface area contributed by atoms with Crippen molar-refractivity contribution in [1.82, 2.24) is 0 Å². The largest absolute Gasteiger partial charge is 0.488 e. The molecule has 0 atom stereocenters. The molecule has 2 nitrogen and oxygen atoms in total. The van der Waals surface area contributed by atoms with E-state index in [2.05, 4.69) is 35.0 Å². The lowest BCUT2D eigenvalue weighted by molar-refractivity contribution is 0.305. The van der Waals surface area contributed by atoms with E-state index >= 15 is 0 Å². The molecule has 0 aromatic heterocycles. The number of nitrogens with two attached hydrogens (primary N) is 1. The molecule has 0 heterocycles. The normalized spacial score (nSPS) is 10.2. The number of hydrogen-bond donors (Lipinski definition) is 1. The first kappa shape index (κ1) is 14.0. The van der Waals surface area contributed by atoms with Gasteiger partial charge in [0.1, 0.15) is 17.3 Å². The van der Waals surface area contributed by atoms with E-state index in [1.807, 2.05) is 30.3 Å². The molecule has 0 spiro atoms. The SMILES string of the molecule is Cc1ccccc1COc1ccc(Br)cc1C(N)=S. The Morgan fingerprint density at radius 2 is 2.00 bits per heavy atom. The fourth-order valence-corrected chi connectivity index (χ4v) is 2.27. The standard InChI is InChI=1S/C15H14BrNOS/c1-10-4-2-3-5-11(10)9-18-14-7-6-12(16)8-13(14)15(17)19/h2-8H,9H2,1H3,(H2,17,19). The maximum Gasteiger partial charge on any atom is 0.130 e. The minimum absolute atomic E-state index is 0.334. The maximum atomic E-state index is 5.83. The molecule has 0 saturated carbocycles. The smallest absolute Gasteiger partial charge is 0.130 e. The third-order valence-corrected chi connectivity index (χ3v) is 3.56. The van der Waals surface area contributed by atoms with Crippen molar-refractivity contribution < 1.29 is 4.74 Å². The van der Waals surface area contributed by atoms with Gasteiger partial charge in [0.2, 0.25) is 0 Å². The number of halogens is 1. The average Bonchev–Trinajstić information content (AvgIpc) is 2.38. The Kier molecular flexibility index (Phi) is 4.56. The van der Waals surface area contributed by atoms with Crippen LogP contribution in [-0.2, 0) is 6.61 Å². The van der Waals surface area contributed by atoms with Gasteiger partial charge >= 0.3 is 0 Å². The van der Waals surface area contributed by atoms with Gasteiger partial charge in [-0.1, -0.05) is 52.4 Å². The van der Waals surface area contributed by atoms with Crippen molar-refractivity contribution in [2.45, 2.75) is 13.5 Å². The molecule has 0 bridgehead atoms. The summed E-state index contributed by atoms with van der Waals surface area (Å²) in [5, 5.41) is 0. The fraction of sp³-hybridized carbons (Fsp3) is 0.133. The Morgan fingerprint density at radius 3 is 2.68 bits per heavy atom. The van der Waals surface area contributed by atoms with Crippen LogP contribution in [0, 0.1) is 6.92 Å². The molecule has 0 saturated heterocycles. The molecule has 0 amide bonds. The molecular formula is C15H14BrNOS. The molecule has 4 heteroatoms. The molecule has 0 aliphatic heterocycles. The van der Waals surface area contributed by atoms with Crippen molar-refractivity contribution in [1.29, 1.82) is 0 Å². The van der Waals surface area contributed by atoms with Crippen LogP contribution in [0.3, 0.4) is 0 Å². The van der Waals surface area contributed by atoms with Gasteiger partial charge in [0, 0.05) is 4.47 Å². The summed E-state index contributed by atoms with van der Waals surface area (Å²) in [6.45, 7) is 2.57. The molecule has 19 heavy (non-hydrogen) atoms. The number of ether oxygens (including phenoxy) is 1. The summed E-state index contributed by atoms with van der Waals surface area (Å²) < 4.78 is 6.76. The highest BCUT2D eigenvalue weighted by Gasteiger charge is 2.08. The first-order chi connectivity index (χ1) is 9.08. The Labute approximate surface area is 126 Å². The van der Waals surface area contributed by atoms with E-state index in [9.17, 15) is 0 Å². The highest BCUT2D eigenvalue weighted by Crippen LogP contribution is 2.24. The fourth-order valence-electron chi connectivity index (χ4n) is 1.75. The molecular weight excluding hydrogens is 322 g/mol. The van der Waals surface area contributed by atoms with Gasteiger partial charge in [-0.05, 0) is 36.2 Å². The lowest BCUT2D eigenvalue weighted by Crippen LogP contribution is -2.12. The van der Waals surface area contributed by atoms with E-state index in [0.29, 0.717) is 17.3 Å². The molecule has 98 valence electrons. The van der Waals surface area contributed by atoms with E-state index in [0.717, 1.165) is 15.6 Å². The highest BCUT2D eigenvalue weighted by molar-refractivity contribution is 9.10.